The Morgan fingerprint density at radius 2 is 1.44 bits per heavy atom. The minimum Gasteiger partial charge on any atom is -0.481 e. The summed E-state index contributed by atoms with van der Waals surface area (Å²) in [5.41, 5.74) is 1.75. The summed E-state index contributed by atoms with van der Waals surface area (Å²) in [5, 5.41) is 11.9. The van der Waals surface area contributed by atoms with E-state index in [-0.39, 0.29) is 17.8 Å². The maximum atomic E-state index is 13.2. The minimum absolute atomic E-state index is 0.273. The number of aromatic nitrogens is 3. The lowest BCUT2D eigenvalue weighted by Crippen LogP contribution is -2.31. The summed E-state index contributed by atoms with van der Waals surface area (Å²) in [4.78, 5) is 17.7. The molecule has 7 nitrogen and oxygen atoms in total. The van der Waals surface area contributed by atoms with Crippen LogP contribution in [0.15, 0.2) is 78.9 Å². The van der Waals surface area contributed by atoms with Gasteiger partial charge in [-0.05, 0) is 42.3 Å². The lowest BCUT2D eigenvalue weighted by atomic mass is 10.2. The number of hydrogen-bond acceptors (Lipinski definition) is 6. The molecule has 9 heteroatoms. The van der Waals surface area contributed by atoms with Gasteiger partial charge in [-0.3, -0.25) is 4.79 Å². The molecule has 174 valence electrons. The highest BCUT2D eigenvalue weighted by atomic mass is 35.5. The van der Waals surface area contributed by atoms with Gasteiger partial charge in [-0.15, -0.1) is 5.10 Å². The lowest BCUT2D eigenvalue weighted by Gasteiger charge is -2.14. The van der Waals surface area contributed by atoms with Crippen molar-refractivity contribution in [2.45, 2.75) is 26.1 Å². The molecule has 34 heavy (non-hydrogen) atoms. The third-order valence-corrected chi connectivity index (χ3v) is 5.75. The fraction of sp³-hybridized carbons (Fsp3) is 0.160. The van der Waals surface area contributed by atoms with E-state index in [4.69, 9.17) is 27.9 Å². The fourth-order valence-electron chi connectivity index (χ4n) is 3.21. The maximum absolute atomic E-state index is 13.2. The molecule has 0 saturated carbocycles. The van der Waals surface area contributed by atoms with Crippen LogP contribution in [0.4, 0.5) is 11.9 Å². The largest absolute Gasteiger partial charge is 0.481 e. The van der Waals surface area contributed by atoms with Gasteiger partial charge in [0.1, 0.15) is 5.75 Å². The van der Waals surface area contributed by atoms with Gasteiger partial charge in [0.2, 0.25) is 11.9 Å². The molecule has 0 radical (unpaired) electrons. The van der Waals surface area contributed by atoms with Crippen LogP contribution in [0.5, 0.6) is 5.75 Å². The highest BCUT2D eigenvalue weighted by Gasteiger charge is 2.23. The predicted molar refractivity (Wildman–Crippen MR) is 135 cm³/mol. The SMILES string of the molecule is CC(Oc1ccccc1)C(=O)n1nc(NCc2ccccc2Cl)nc1NCc1ccccc1Cl. The molecule has 0 aliphatic carbocycles. The molecule has 1 atom stereocenters. The molecule has 4 rings (SSSR count). The molecule has 1 heterocycles. The van der Waals surface area contributed by atoms with Gasteiger partial charge in [0.15, 0.2) is 6.10 Å². The second-order valence-corrected chi connectivity index (χ2v) is 8.29. The highest BCUT2D eigenvalue weighted by Crippen LogP contribution is 2.20. The summed E-state index contributed by atoms with van der Waals surface area (Å²) in [6.45, 7) is 2.44. The van der Waals surface area contributed by atoms with E-state index < -0.39 is 6.10 Å². The van der Waals surface area contributed by atoms with Crippen molar-refractivity contribution in [1.82, 2.24) is 14.8 Å². The van der Waals surface area contributed by atoms with Crippen molar-refractivity contribution < 1.29 is 9.53 Å². The molecule has 0 aliphatic heterocycles. The number of halogens is 2. The molecule has 0 saturated heterocycles. The number of anilines is 2. The number of nitrogens with zero attached hydrogens (tertiary/aromatic N) is 3. The molecule has 0 spiro atoms. The Balaban J connectivity index is 1.55. The number of carbonyl (C=O) groups is 1. The van der Waals surface area contributed by atoms with Crippen LogP contribution in [0.25, 0.3) is 0 Å². The van der Waals surface area contributed by atoms with Crippen molar-refractivity contribution >= 4 is 41.0 Å². The van der Waals surface area contributed by atoms with E-state index in [1.54, 1.807) is 25.1 Å². The summed E-state index contributed by atoms with van der Waals surface area (Å²) in [6, 6.07) is 24.1. The summed E-state index contributed by atoms with van der Waals surface area (Å²) in [6.07, 6.45) is -0.790. The molecular weight excluding hydrogens is 473 g/mol. The summed E-state index contributed by atoms with van der Waals surface area (Å²) >= 11 is 12.5. The van der Waals surface area contributed by atoms with Crippen LogP contribution >= 0.6 is 23.2 Å². The van der Waals surface area contributed by atoms with Crippen LogP contribution in [0, 0.1) is 0 Å². The number of benzene rings is 3. The Morgan fingerprint density at radius 3 is 2.06 bits per heavy atom. The van der Waals surface area contributed by atoms with E-state index in [2.05, 4.69) is 20.7 Å². The van der Waals surface area contributed by atoms with Crippen molar-refractivity contribution in [3.05, 3.63) is 100 Å². The normalized spacial score (nSPS) is 11.6. The van der Waals surface area contributed by atoms with Gasteiger partial charge in [0.25, 0.3) is 5.91 Å². The van der Waals surface area contributed by atoms with Crippen molar-refractivity contribution in [2.24, 2.45) is 0 Å². The molecule has 0 fully saturated rings. The van der Waals surface area contributed by atoms with Crippen molar-refractivity contribution in [3.63, 3.8) is 0 Å². The molecule has 2 N–H and O–H groups in total. The predicted octanol–water partition coefficient (Wildman–Crippen LogP) is 5.92. The quantitative estimate of drug-likeness (QED) is 0.300. The van der Waals surface area contributed by atoms with Crippen LogP contribution in [-0.2, 0) is 13.1 Å². The third kappa shape index (κ3) is 5.87. The van der Waals surface area contributed by atoms with Crippen LogP contribution in [0.1, 0.15) is 22.8 Å². The maximum Gasteiger partial charge on any atom is 0.290 e. The number of carbonyl (C=O) groups excluding carboxylic acids is 1. The first-order valence-electron chi connectivity index (χ1n) is 10.7. The van der Waals surface area contributed by atoms with Crippen LogP contribution in [0.2, 0.25) is 10.0 Å². The second kappa shape index (κ2) is 11.0. The molecule has 0 aliphatic rings. The van der Waals surface area contributed by atoms with Gasteiger partial charge in [-0.25, -0.2) is 0 Å². The average molecular weight is 496 g/mol. The van der Waals surface area contributed by atoms with Gasteiger partial charge < -0.3 is 15.4 Å². The third-order valence-electron chi connectivity index (χ3n) is 5.01. The van der Waals surface area contributed by atoms with Gasteiger partial charge in [-0.2, -0.15) is 9.67 Å². The molecule has 1 aromatic heterocycles. The Morgan fingerprint density at radius 1 is 0.882 bits per heavy atom. The Hall–Kier alpha value is -3.55. The highest BCUT2D eigenvalue weighted by molar-refractivity contribution is 6.31. The van der Waals surface area contributed by atoms with Crippen molar-refractivity contribution in [3.8, 4) is 5.75 Å². The number of rotatable bonds is 9. The topological polar surface area (TPSA) is 81.1 Å². The van der Waals surface area contributed by atoms with E-state index >= 15 is 0 Å². The average Bonchev–Trinajstić information content (AvgIpc) is 3.26. The smallest absolute Gasteiger partial charge is 0.290 e. The standard InChI is InChI=1S/C25H23Cl2N5O2/c1-17(34-20-11-3-2-4-12-20)23(33)32-25(29-16-19-10-6-8-14-22(19)27)30-24(31-32)28-15-18-9-5-7-13-21(18)26/h2-14,17H,15-16H2,1H3,(H2,28,29,30,31). The fourth-order valence-corrected chi connectivity index (χ4v) is 3.62. The van der Waals surface area contributed by atoms with Crippen LogP contribution < -0.4 is 15.4 Å². The summed E-state index contributed by atoms with van der Waals surface area (Å²) in [7, 11) is 0. The number of ether oxygens (including phenoxy) is 1. The monoisotopic (exact) mass is 495 g/mol. The summed E-state index contributed by atoms with van der Waals surface area (Å²) < 4.78 is 7.00. The first kappa shape index (κ1) is 23.6. The first-order valence-corrected chi connectivity index (χ1v) is 11.4. The van der Waals surface area contributed by atoms with E-state index in [1.807, 2.05) is 60.7 Å². The van der Waals surface area contributed by atoms with Gasteiger partial charge >= 0.3 is 0 Å². The molecule has 3 aromatic carbocycles. The van der Waals surface area contributed by atoms with Gasteiger partial charge in [0, 0.05) is 23.1 Å². The zero-order valence-corrected chi connectivity index (χ0v) is 19.9. The molecular formula is C25H23Cl2N5O2. The van der Waals surface area contributed by atoms with E-state index in [9.17, 15) is 4.79 Å². The van der Waals surface area contributed by atoms with Gasteiger partial charge in [0.05, 0.1) is 0 Å². The van der Waals surface area contributed by atoms with Crippen molar-refractivity contribution in [2.75, 3.05) is 10.6 Å². The molecule has 1 unspecified atom stereocenters. The zero-order valence-electron chi connectivity index (χ0n) is 18.4. The minimum atomic E-state index is -0.790. The Bertz CT molecular complexity index is 1260. The van der Waals surface area contributed by atoms with E-state index in [1.165, 1.54) is 4.68 Å². The Labute approximate surface area is 207 Å². The first-order chi connectivity index (χ1) is 16.5. The lowest BCUT2D eigenvalue weighted by molar-refractivity contribution is 0.0713. The van der Waals surface area contributed by atoms with Gasteiger partial charge in [-0.1, -0.05) is 77.8 Å². The van der Waals surface area contributed by atoms with Crippen LogP contribution in [-0.4, -0.2) is 26.8 Å². The number of nitrogens with one attached hydrogen (secondary N) is 2. The van der Waals surface area contributed by atoms with Crippen molar-refractivity contribution in [1.29, 1.82) is 0 Å². The Kier molecular flexibility index (Phi) is 7.67. The van der Waals surface area contributed by atoms with E-state index in [0.29, 0.717) is 28.9 Å². The molecule has 4 aromatic rings. The van der Waals surface area contributed by atoms with E-state index in [0.717, 1.165) is 11.1 Å². The zero-order chi connectivity index (χ0) is 23.9. The second-order valence-electron chi connectivity index (χ2n) is 7.47. The summed E-state index contributed by atoms with van der Waals surface area (Å²) in [5.74, 6) is 0.770. The number of para-hydroxylation sites is 1. The molecule has 0 bridgehead atoms. The number of hydrogen-bond donors (Lipinski definition) is 2. The van der Waals surface area contributed by atoms with Crippen LogP contribution in [0.3, 0.4) is 0 Å². The molecule has 0 amide bonds.